The number of aryl methyl sites for hydroxylation is 1. The maximum atomic E-state index is 12.8. The van der Waals surface area contributed by atoms with Crippen LogP contribution in [0.25, 0.3) is 17.1 Å². The van der Waals surface area contributed by atoms with Crippen LogP contribution >= 0.6 is 11.8 Å². The first-order chi connectivity index (χ1) is 21.3. The van der Waals surface area contributed by atoms with E-state index in [0.717, 1.165) is 28.9 Å². The number of hydrogen-bond donors (Lipinski definition) is 1. The lowest BCUT2D eigenvalue weighted by Gasteiger charge is -2.20. The van der Waals surface area contributed by atoms with Crippen molar-refractivity contribution in [3.63, 3.8) is 0 Å². The molecule has 0 saturated carbocycles. The lowest BCUT2D eigenvalue weighted by atomic mass is 10.1. The number of rotatable bonds is 7. The number of nitrogens with one attached hydrogen (secondary N) is 1. The minimum absolute atomic E-state index is 0.0304. The number of imidazole rings is 1. The first-order valence-corrected chi connectivity index (χ1v) is 14.1. The molecule has 0 atom stereocenters. The van der Waals surface area contributed by atoms with E-state index in [4.69, 9.17) is 4.74 Å². The van der Waals surface area contributed by atoms with Crippen LogP contribution in [0.4, 0.5) is 42.5 Å². The number of alkyl halides is 6. The van der Waals surface area contributed by atoms with Crippen molar-refractivity contribution < 1.29 is 40.7 Å². The minimum atomic E-state index is -4.50. The van der Waals surface area contributed by atoms with E-state index in [1.165, 1.54) is 23.0 Å². The number of urea groups is 1. The number of carbonyl (C=O) groups is 2. The fourth-order valence-corrected chi connectivity index (χ4v) is 5.01. The largest absolute Gasteiger partial charge is 0.491 e. The first kappa shape index (κ1) is 31.6. The Morgan fingerprint density at radius 2 is 1.80 bits per heavy atom. The molecule has 3 amide bonds. The van der Waals surface area contributed by atoms with Gasteiger partial charge in [0.05, 0.1) is 35.7 Å². The molecule has 1 fully saturated rings. The van der Waals surface area contributed by atoms with Crippen LogP contribution in [0.15, 0.2) is 78.3 Å². The molecule has 0 radical (unpaired) electrons. The Morgan fingerprint density at radius 1 is 1.04 bits per heavy atom. The molecule has 3 heterocycles. The summed E-state index contributed by atoms with van der Waals surface area (Å²) in [5, 5.41) is 2.63. The molecule has 1 aliphatic heterocycles. The van der Waals surface area contributed by atoms with Crippen molar-refractivity contribution in [2.75, 3.05) is 22.6 Å². The molecule has 1 aliphatic rings. The quantitative estimate of drug-likeness (QED) is 0.212. The molecule has 2 aromatic carbocycles. The van der Waals surface area contributed by atoms with Gasteiger partial charge in [-0.2, -0.15) is 31.3 Å². The van der Waals surface area contributed by atoms with Crippen LogP contribution in [0.1, 0.15) is 17.5 Å². The Bertz CT molecular complexity index is 1740. The molecule has 0 unspecified atom stereocenters. The van der Waals surface area contributed by atoms with Crippen molar-refractivity contribution in [3.8, 4) is 22.8 Å². The Balaban J connectivity index is 1.27. The molecule has 9 nitrogen and oxygen atoms in total. The molecule has 5 rings (SSSR count). The zero-order valence-corrected chi connectivity index (χ0v) is 24.0. The summed E-state index contributed by atoms with van der Waals surface area (Å²) in [7, 11) is 0. The SMILES string of the molecule is Cc1ccc(OCCC(F)(F)F)c(N2C(=O)CS/C2=N\C(=O)Nc2ccc(-c3cn(-c4ccc(C(F)(F)F)cn4)cn3)cc2)c1. The number of thioether (sulfide) groups is 1. The van der Waals surface area contributed by atoms with Gasteiger partial charge in [-0.1, -0.05) is 30.0 Å². The lowest BCUT2D eigenvalue weighted by Crippen LogP contribution is -2.31. The van der Waals surface area contributed by atoms with Gasteiger partial charge in [-0.05, 0) is 48.9 Å². The van der Waals surface area contributed by atoms with Crippen molar-refractivity contribution >= 4 is 40.2 Å². The molecule has 1 saturated heterocycles. The highest BCUT2D eigenvalue weighted by Crippen LogP contribution is 2.36. The third kappa shape index (κ3) is 7.81. The number of amides is 3. The molecular weight excluding hydrogens is 626 g/mol. The van der Waals surface area contributed by atoms with Crippen molar-refractivity contribution in [1.29, 1.82) is 0 Å². The molecule has 234 valence electrons. The number of halogens is 6. The Hall–Kier alpha value is -4.86. The number of carbonyl (C=O) groups excluding carboxylic acids is 2. The van der Waals surface area contributed by atoms with Gasteiger partial charge in [0.1, 0.15) is 17.9 Å². The van der Waals surface area contributed by atoms with E-state index in [-0.39, 0.29) is 28.2 Å². The molecule has 0 aliphatic carbocycles. The van der Waals surface area contributed by atoms with Crippen molar-refractivity contribution in [2.45, 2.75) is 25.7 Å². The molecule has 16 heteroatoms. The number of pyridine rings is 1. The molecule has 2 aromatic heterocycles. The summed E-state index contributed by atoms with van der Waals surface area (Å²) >= 11 is 0.996. The standard InChI is InChI=1S/C29H22F6N6O3S/c1-17-2-8-23(44-11-10-28(30,31)32)22(12-17)41-25(42)15-45-27(41)39-26(43)38-20-6-3-18(4-7-20)21-14-40(16-37-21)24-9-5-19(13-36-24)29(33,34)35/h2-9,12-14,16H,10-11,15H2,1H3,(H,38,43)/b39-27-. The third-order valence-corrected chi connectivity index (χ3v) is 7.24. The summed E-state index contributed by atoms with van der Waals surface area (Å²) in [5.74, 6) is -0.174. The van der Waals surface area contributed by atoms with E-state index in [2.05, 4.69) is 20.3 Å². The summed E-state index contributed by atoms with van der Waals surface area (Å²) in [6, 6.07) is 12.5. The van der Waals surface area contributed by atoms with Gasteiger partial charge in [-0.25, -0.2) is 14.8 Å². The van der Waals surface area contributed by atoms with Crippen LogP contribution in [0, 0.1) is 6.92 Å². The number of nitrogens with zero attached hydrogens (tertiary/aromatic N) is 5. The van der Waals surface area contributed by atoms with E-state index in [1.54, 1.807) is 49.5 Å². The fraction of sp³-hybridized carbons (Fsp3) is 0.207. The monoisotopic (exact) mass is 648 g/mol. The molecule has 4 aromatic rings. The highest BCUT2D eigenvalue weighted by atomic mass is 32.2. The fourth-order valence-electron chi connectivity index (χ4n) is 4.15. The zero-order valence-electron chi connectivity index (χ0n) is 23.2. The maximum Gasteiger partial charge on any atom is 0.417 e. The first-order valence-electron chi connectivity index (χ1n) is 13.1. The second-order valence-electron chi connectivity index (χ2n) is 9.67. The minimum Gasteiger partial charge on any atom is -0.491 e. The maximum absolute atomic E-state index is 12.8. The van der Waals surface area contributed by atoms with Gasteiger partial charge in [-0.15, -0.1) is 0 Å². The van der Waals surface area contributed by atoms with Gasteiger partial charge in [0.25, 0.3) is 0 Å². The van der Waals surface area contributed by atoms with E-state index >= 15 is 0 Å². The average Bonchev–Trinajstić information content (AvgIpc) is 3.60. The molecular formula is C29H22F6N6O3S. The third-order valence-electron chi connectivity index (χ3n) is 6.32. The van der Waals surface area contributed by atoms with Crippen LogP contribution < -0.4 is 15.0 Å². The summed E-state index contributed by atoms with van der Waals surface area (Å²) < 4.78 is 83.2. The highest BCUT2D eigenvalue weighted by Gasteiger charge is 2.34. The van der Waals surface area contributed by atoms with Gasteiger partial charge in [0.2, 0.25) is 5.91 Å². The number of amidine groups is 1. The van der Waals surface area contributed by atoms with Crippen molar-refractivity contribution in [1.82, 2.24) is 14.5 Å². The predicted molar refractivity (Wildman–Crippen MR) is 156 cm³/mol. The van der Waals surface area contributed by atoms with Crippen LogP contribution in [0.3, 0.4) is 0 Å². The molecule has 1 N–H and O–H groups in total. The number of anilines is 2. The number of ether oxygens (including phenoxy) is 1. The van der Waals surface area contributed by atoms with E-state index in [9.17, 15) is 35.9 Å². The van der Waals surface area contributed by atoms with Crippen LogP contribution in [-0.2, 0) is 11.0 Å². The summed E-state index contributed by atoms with van der Waals surface area (Å²) in [4.78, 5) is 38.8. The van der Waals surface area contributed by atoms with Gasteiger partial charge in [0.15, 0.2) is 5.17 Å². The van der Waals surface area contributed by atoms with Gasteiger partial charge < -0.3 is 10.1 Å². The van der Waals surface area contributed by atoms with Gasteiger partial charge >= 0.3 is 18.4 Å². The number of aliphatic imine (C=N–C) groups is 1. The van der Waals surface area contributed by atoms with Crippen molar-refractivity contribution in [2.24, 2.45) is 4.99 Å². The van der Waals surface area contributed by atoms with Gasteiger partial charge in [-0.3, -0.25) is 14.3 Å². The Kier molecular flexibility index (Phi) is 8.86. The van der Waals surface area contributed by atoms with Crippen molar-refractivity contribution in [3.05, 3.63) is 84.4 Å². The highest BCUT2D eigenvalue weighted by molar-refractivity contribution is 8.15. The molecule has 0 spiro atoms. The Labute approximate surface area is 255 Å². The Morgan fingerprint density at radius 3 is 2.47 bits per heavy atom. The van der Waals surface area contributed by atoms with Crippen LogP contribution in [0.5, 0.6) is 5.75 Å². The number of benzene rings is 2. The molecule has 0 bridgehead atoms. The van der Waals surface area contributed by atoms with E-state index < -0.39 is 42.9 Å². The van der Waals surface area contributed by atoms with Crippen LogP contribution in [-0.4, -0.2) is 50.2 Å². The van der Waals surface area contributed by atoms with E-state index in [1.807, 2.05) is 0 Å². The number of hydrogen-bond acceptors (Lipinski definition) is 6. The second-order valence-corrected chi connectivity index (χ2v) is 10.6. The summed E-state index contributed by atoms with van der Waals surface area (Å²) in [6.45, 7) is 1.09. The average molecular weight is 649 g/mol. The predicted octanol–water partition coefficient (Wildman–Crippen LogP) is 7.26. The normalized spacial score (nSPS) is 14.7. The number of aromatic nitrogens is 3. The smallest absolute Gasteiger partial charge is 0.417 e. The topological polar surface area (TPSA) is 102 Å². The van der Waals surface area contributed by atoms with E-state index in [0.29, 0.717) is 22.5 Å². The summed E-state index contributed by atoms with van der Waals surface area (Å²) in [6.07, 6.45) is -6.36. The lowest BCUT2D eigenvalue weighted by molar-refractivity contribution is -0.140. The van der Waals surface area contributed by atoms with Crippen LogP contribution in [0.2, 0.25) is 0 Å². The second kappa shape index (κ2) is 12.6. The molecule has 45 heavy (non-hydrogen) atoms. The summed E-state index contributed by atoms with van der Waals surface area (Å²) in [5.41, 5.74) is 1.53. The van der Waals surface area contributed by atoms with Gasteiger partial charge in [0, 0.05) is 23.6 Å². The zero-order chi connectivity index (χ0) is 32.4.